The average molecular weight is 441 g/mol. The van der Waals surface area contributed by atoms with Gasteiger partial charge in [0.15, 0.2) is 5.76 Å². The van der Waals surface area contributed by atoms with E-state index in [-0.39, 0.29) is 5.97 Å². The van der Waals surface area contributed by atoms with Gasteiger partial charge in [-0.1, -0.05) is 58.4 Å². The van der Waals surface area contributed by atoms with Crippen LogP contribution in [0.25, 0.3) is 6.08 Å². The van der Waals surface area contributed by atoms with E-state index in [1.165, 1.54) is 0 Å². The predicted molar refractivity (Wildman–Crippen MR) is 116 cm³/mol. The van der Waals surface area contributed by atoms with Gasteiger partial charge in [-0.3, -0.25) is 4.79 Å². The minimum absolute atomic E-state index is 0.279. The molecule has 1 aliphatic rings. The summed E-state index contributed by atoms with van der Waals surface area (Å²) in [7, 11) is 0. The molecule has 1 aliphatic heterocycles. The van der Waals surface area contributed by atoms with Crippen LogP contribution in [-0.2, 0) is 14.9 Å². The second kappa shape index (κ2) is 7.96. The summed E-state index contributed by atoms with van der Waals surface area (Å²) in [5, 5.41) is 0. The summed E-state index contributed by atoms with van der Waals surface area (Å²) in [5.41, 5.74) is 0.992. The molecule has 1 heterocycles. The highest BCUT2D eigenvalue weighted by Crippen LogP contribution is 2.46. The molecule has 1 atom stereocenters. The van der Waals surface area contributed by atoms with Crippen LogP contribution in [0, 0.1) is 5.41 Å². The van der Waals surface area contributed by atoms with Crippen LogP contribution in [0.2, 0.25) is 0 Å². The Balaban J connectivity index is 1.96. The Morgan fingerprint density at radius 2 is 1.89 bits per heavy atom. The lowest BCUT2D eigenvalue weighted by atomic mass is 9.76. The van der Waals surface area contributed by atoms with Crippen LogP contribution >= 0.6 is 15.9 Å². The van der Waals surface area contributed by atoms with Crippen LogP contribution in [0.15, 0.2) is 71.1 Å². The van der Waals surface area contributed by atoms with E-state index in [0.717, 1.165) is 21.3 Å². The van der Waals surface area contributed by atoms with Gasteiger partial charge < -0.3 is 9.47 Å². The van der Waals surface area contributed by atoms with Crippen molar-refractivity contribution in [1.82, 2.24) is 0 Å². The predicted octanol–water partition coefficient (Wildman–Crippen LogP) is 6.63. The number of halogens is 1. The Hall–Kier alpha value is -2.33. The number of rotatable bonds is 4. The van der Waals surface area contributed by atoms with E-state index in [4.69, 9.17) is 9.47 Å². The Morgan fingerprint density at radius 3 is 2.57 bits per heavy atom. The van der Waals surface area contributed by atoms with Crippen molar-refractivity contribution in [3.63, 3.8) is 0 Å². The van der Waals surface area contributed by atoms with E-state index in [1.807, 2.05) is 57.2 Å². The molecule has 0 aliphatic carbocycles. The van der Waals surface area contributed by atoms with E-state index in [1.54, 1.807) is 6.26 Å². The van der Waals surface area contributed by atoms with Gasteiger partial charge in [-0.2, -0.15) is 0 Å². The lowest BCUT2D eigenvalue weighted by Gasteiger charge is -2.36. The molecule has 146 valence electrons. The lowest BCUT2D eigenvalue weighted by Crippen LogP contribution is -2.33. The molecule has 0 amide bonds. The Morgan fingerprint density at radius 1 is 1.18 bits per heavy atom. The number of carbonyl (C=O) groups is 1. The monoisotopic (exact) mass is 440 g/mol. The Kier molecular flexibility index (Phi) is 5.80. The fourth-order valence-corrected chi connectivity index (χ4v) is 3.37. The number of benzene rings is 2. The highest BCUT2D eigenvalue weighted by molar-refractivity contribution is 9.10. The number of hydrogen-bond donors (Lipinski definition) is 0. The van der Waals surface area contributed by atoms with Gasteiger partial charge in [-0.15, -0.1) is 0 Å². The molecule has 2 aromatic rings. The first-order valence-electron chi connectivity index (χ1n) is 9.31. The van der Waals surface area contributed by atoms with Crippen LogP contribution in [0.4, 0.5) is 0 Å². The number of fused-ring (bicyclic) bond motifs is 1. The normalized spacial score (nSPS) is 19.0. The van der Waals surface area contributed by atoms with Crippen molar-refractivity contribution in [3.05, 3.63) is 82.2 Å². The van der Waals surface area contributed by atoms with Crippen LogP contribution < -0.4 is 4.74 Å². The van der Waals surface area contributed by atoms with E-state index >= 15 is 0 Å². The van der Waals surface area contributed by atoms with Crippen molar-refractivity contribution in [1.29, 1.82) is 0 Å². The number of carbonyl (C=O) groups excluding carboxylic acids is 1. The lowest BCUT2D eigenvalue weighted by molar-refractivity contribution is -0.150. The van der Waals surface area contributed by atoms with Gasteiger partial charge in [0.1, 0.15) is 12.0 Å². The van der Waals surface area contributed by atoms with E-state index < -0.39 is 10.8 Å². The minimum Gasteiger partial charge on any atom is -0.461 e. The third-order valence-corrected chi connectivity index (χ3v) is 5.32. The van der Waals surface area contributed by atoms with E-state index in [9.17, 15) is 4.79 Å². The third kappa shape index (κ3) is 4.39. The molecule has 3 nitrogen and oxygen atoms in total. The third-order valence-electron chi connectivity index (χ3n) is 4.82. The summed E-state index contributed by atoms with van der Waals surface area (Å²) in [6.07, 6.45) is 6.43. The van der Waals surface area contributed by atoms with Crippen molar-refractivity contribution in [3.8, 4) is 5.75 Å². The zero-order valence-electron chi connectivity index (χ0n) is 16.7. The summed E-state index contributed by atoms with van der Waals surface area (Å²) in [4.78, 5) is 12.5. The summed E-state index contributed by atoms with van der Waals surface area (Å²) >= 11 is 3.55. The molecule has 0 aromatic heterocycles. The van der Waals surface area contributed by atoms with E-state index in [0.29, 0.717) is 12.2 Å². The van der Waals surface area contributed by atoms with Crippen molar-refractivity contribution in [2.45, 2.75) is 39.5 Å². The largest absolute Gasteiger partial charge is 0.461 e. The summed E-state index contributed by atoms with van der Waals surface area (Å²) in [5.74, 6) is 1.02. The van der Waals surface area contributed by atoms with Crippen molar-refractivity contribution in [2.75, 3.05) is 0 Å². The van der Waals surface area contributed by atoms with Crippen LogP contribution in [0.1, 0.15) is 45.2 Å². The molecule has 0 saturated carbocycles. The number of esters is 1. The number of ether oxygens (including phenoxy) is 2. The van der Waals surface area contributed by atoms with Gasteiger partial charge in [-0.05, 0) is 57.9 Å². The number of hydrogen-bond acceptors (Lipinski definition) is 3. The van der Waals surface area contributed by atoms with Gasteiger partial charge in [-0.25, -0.2) is 0 Å². The topological polar surface area (TPSA) is 35.5 Å². The van der Waals surface area contributed by atoms with Gasteiger partial charge in [0.2, 0.25) is 0 Å². The van der Waals surface area contributed by atoms with Crippen molar-refractivity contribution < 1.29 is 14.3 Å². The summed E-state index contributed by atoms with van der Waals surface area (Å²) in [6.45, 7) is 7.61. The van der Waals surface area contributed by atoms with Crippen LogP contribution in [0.3, 0.4) is 0 Å². The van der Waals surface area contributed by atoms with Crippen molar-refractivity contribution in [2.24, 2.45) is 5.41 Å². The second-order valence-electron chi connectivity index (χ2n) is 8.23. The van der Waals surface area contributed by atoms with Crippen LogP contribution in [0.5, 0.6) is 5.75 Å². The maximum Gasteiger partial charge on any atom is 0.316 e. The molecule has 0 saturated heterocycles. The van der Waals surface area contributed by atoms with Crippen molar-refractivity contribution >= 4 is 28.0 Å². The Labute approximate surface area is 175 Å². The molecule has 0 fully saturated rings. The van der Waals surface area contributed by atoms with E-state index in [2.05, 4.69) is 47.1 Å². The molecule has 4 heteroatoms. The molecule has 0 N–H and O–H groups in total. The SMILES string of the molecule is CC(C)(C)C(=O)OC1=COc2ccc(Br)cc2[C@]1(C)C/C=C/c1ccccc1. The zero-order valence-corrected chi connectivity index (χ0v) is 18.2. The standard InChI is InChI=1S/C24H25BrO3/c1-23(2,3)22(26)28-21-16-27-20-13-12-18(25)15-19(20)24(21,4)14-8-11-17-9-6-5-7-10-17/h5-13,15-16H,14H2,1-4H3/b11-8+/t24-/m0/s1. The van der Waals surface area contributed by atoms with Gasteiger partial charge in [0.25, 0.3) is 0 Å². The van der Waals surface area contributed by atoms with Crippen LogP contribution in [-0.4, -0.2) is 5.97 Å². The molecule has 0 bridgehead atoms. The first-order chi connectivity index (χ1) is 13.2. The highest BCUT2D eigenvalue weighted by atomic mass is 79.9. The molecule has 3 rings (SSSR count). The fraction of sp³-hybridized carbons (Fsp3) is 0.292. The average Bonchev–Trinajstić information content (AvgIpc) is 2.65. The quantitative estimate of drug-likeness (QED) is 0.500. The van der Waals surface area contributed by atoms with Gasteiger partial charge in [0, 0.05) is 10.0 Å². The first kappa shape index (κ1) is 20.4. The molecule has 0 radical (unpaired) electrons. The maximum atomic E-state index is 12.5. The summed E-state index contributed by atoms with van der Waals surface area (Å²) < 4.78 is 12.6. The molecular formula is C24H25BrO3. The molecule has 28 heavy (non-hydrogen) atoms. The minimum atomic E-state index is -0.598. The highest BCUT2D eigenvalue weighted by Gasteiger charge is 2.40. The summed E-state index contributed by atoms with van der Waals surface area (Å²) in [6, 6.07) is 16.0. The fourth-order valence-electron chi connectivity index (χ4n) is 3.01. The van der Waals surface area contributed by atoms with Gasteiger partial charge >= 0.3 is 5.97 Å². The number of allylic oxidation sites excluding steroid dienone is 2. The molecule has 0 unspecified atom stereocenters. The maximum absolute atomic E-state index is 12.5. The molecular weight excluding hydrogens is 416 g/mol. The molecule has 2 aromatic carbocycles. The Bertz CT molecular complexity index is 923. The smallest absolute Gasteiger partial charge is 0.316 e. The molecule has 0 spiro atoms. The van der Waals surface area contributed by atoms with Gasteiger partial charge in [0.05, 0.1) is 10.8 Å². The first-order valence-corrected chi connectivity index (χ1v) is 10.1. The second-order valence-corrected chi connectivity index (χ2v) is 9.14. The zero-order chi connectivity index (χ0) is 20.4.